The molecule has 0 rings (SSSR count). The van der Waals surface area contributed by atoms with E-state index in [0.29, 0.717) is 12.8 Å². The molecule has 0 aromatic carbocycles. The number of unbranched alkanes of at least 4 members (excludes halogenated alkanes) is 29. The molecule has 0 aliphatic heterocycles. The summed E-state index contributed by atoms with van der Waals surface area (Å²) in [5, 5.41) is 18.3. The molecule has 0 saturated carbocycles. The van der Waals surface area contributed by atoms with Gasteiger partial charge in [0.25, 0.3) is 0 Å². The summed E-state index contributed by atoms with van der Waals surface area (Å²) in [6.07, 6.45) is 41.8. The van der Waals surface area contributed by atoms with Gasteiger partial charge in [0.05, 0.1) is 19.8 Å². The SMILES string of the molecule is CCCCCCCC/C=C/CCCCCCCCCCCCCC(=O)OC[C@@H](COP(=O)(O)OC[C@H](O)CO)OC(=O)CCCCCCCCCCCCCCC. The fraction of sp³-hybridized carbons (Fsp3) is 0.913. The lowest BCUT2D eigenvalue weighted by Crippen LogP contribution is -2.29. The van der Waals surface area contributed by atoms with E-state index in [2.05, 4.69) is 26.0 Å². The van der Waals surface area contributed by atoms with E-state index in [-0.39, 0.29) is 19.4 Å². The van der Waals surface area contributed by atoms with Gasteiger partial charge in [-0.3, -0.25) is 18.6 Å². The van der Waals surface area contributed by atoms with Gasteiger partial charge in [-0.2, -0.15) is 0 Å². The van der Waals surface area contributed by atoms with Gasteiger partial charge in [-0.25, -0.2) is 4.57 Å². The quantitative estimate of drug-likeness (QED) is 0.0234. The van der Waals surface area contributed by atoms with Crippen LogP contribution in [0.3, 0.4) is 0 Å². The molecule has 0 bridgehead atoms. The Morgan fingerprint density at radius 1 is 0.509 bits per heavy atom. The van der Waals surface area contributed by atoms with Crippen LogP contribution in [0, 0.1) is 0 Å². The average Bonchev–Trinajstić information content (AvgIpc) is 3.20. The number of ether oxygens (including phenoxy) is 2. The summed E-state index contributed by atoms with van der Waals surface area (Å²) in [6, 6.07) is 0. The van der Waals surface area contributed by atoms with Crippen LogP contribution in [0.1, 0.15) is 232 Å². The van der Waals surface area contributed by atoms with Crippen LogP contribution in [0.15, 0.2) is 12.2 Å². The third-order valence-corrected chi connectivity index (χ3v) is 11.4. The molecule has 0 aromatic rings. The van der Waals surface area contributed by atoms with E-state index in [4.69, 9.17) is 23.6 Å². The van der Waals surface area contributed by atoms with Gasteiger partial charge in [-0.15, -0.1) is 0 Å². The van der Waals surface area contributed by atoms with E-state index >= 15 is 0 Å². The lowest BCUT2D eigenvalue weighted by atomic mass is 10.0. The summed E-state index contributed by atoms with van der Waals surface area (Å²) >= 11 is 0. The normalized spacial score (nSPS) is 13.8. The third kappa shape index (κ3) is 42.6. The summed E-state index contributed by atoms with van der Waals surface area (Å²) < 4.78 is 32.8. The Labute approximate surface area is 349 Å². The molecule has 0 aliphatic rings. The minimum Gasteiger partial charge on any atom is -0.462 e. The second-order valence-electron chi connectivity index (χ2n) is 16.1. The topological polar surface area (TPSA) is 149 Å². The van der Waals surface area contributed by atoms with Gasteiger partial charge < -0.3 is 24.6 Å². The standard InChI is InChI=1S/C46H89O10P/c1-3-5-7-9-11-13-15-17-18-19-20-21-22-23-24-26-27-29-31-33-35-37-45(49)53-41-44(42-55-57(51,52)54-40-43(48)39-47)56-46(50)38-36-34-32-30-28-25-16-14-12-10-8-6-4-2/h17-18,43-44,47-48H,3-16,19-42H2,1-2H3,(H,51,52)/b18-17+/t43-,44+/m1/s1. The number of rotatable bonds is 45. The molecule has 0 radical (unpaired) electrons. The highest BCUT2D eigenvalue weighted by Crippen LogP contribution is 2.43. The first-order valence-electron chi connectivity index (χ1n) is 23.6. The highest BCUT2D eigenvalue weighted by atomic mass is 31.2. The Bertz CT molecular complexity index is 961. The van der Waals surface area contributed by atoms with Crippen LogP contribution in [-0.2, 0) is 32.7 Å². The van der Waals surface area contributed by atoms with E-state index in [1.54, 1.807) is 0 Å². The number of hydrogen-bond acceptors (Lipinski definition) is 9. The third-order valence-electron chi connectivity index (χ3n) is 10.4. The van der Waals surface area contributed by atoms with Crippen molar-refractivity contribution >= 4 is 19.8 Å². The molecule has 338 valence electrons. The molecule has 10 nitrogen and oxygen atoms in total. The smallest absolute Gasteiger partial charge is 0.462 e. The molecule has 3 N–H and O–H groups in total. The van der Waals surface area contributed by atoms with E-state index < -0.39 is 51.8 Å². The Hall–Kier alpha value is -1.29. The zero-order valence-corrected chi connectivity index (χ0v) is 37.7. The molecule has 0 spiro atoms. The van der Waals surface area contributed by atoms with Gasteiger partial charge in [0.15, 0.2) is 6.10 Å². The maximum Gasteiger partial charge on any atom is 0.472 e. The van der Waals surface area contributed by atoms with Gasteiger partial charge in [-0.05, 0) is 38.5 Å². The molecular weight excluding hydrogens is 743 g/mol. The number of allylic oxidation sites excluding steroid dienone is 2. The number of esters is 2. The van der Waals surface area contributed by atoms with Crippen LogP contribution in [0.2, 0.25) is 0 Å². The molecular formula is C46H89O10P. The van der Waals surface area contributed by atoms with Crippen LogP contribution >= 0.6 is 7.82 Å². The zero-order chi connectivity index (χ0) is 41.9. The Kier molecular flexibility index (Phi) is 41.9. The largest absolute Gasteiger partial charge is 0.472 e. The number of carbonyl (C=O) groups excluding carboxylic acids is 2. The van der Waals surface area contributed by atoms with Crippen LogP contribution in [-0.4, -0.2) is 65.7 Å². The number of phosphoric ester groups is 1. The fourth-order valence-corrected chi connectivity index (χ4v) is 7.54. The van der Waals surface area contributed by atoms with Crippen molar-refractivity contribution in [2.24, 2.45) is 0 Å². The number of hydrogen-bond donors (Lipinski definition) is 3. The highest BCUT2D eigenvalue weighted by molar-refractivity contribution is 7.47. The molecule has 0 aliphatic carbocycles. The Balaban J connectivity index is 4.15. The van der Waals surface area contributed by atoms with E-state index in [1.165, 1.54) is 154 Å². The van der Waals surface area contributed by atoms with Crippen molar-refractivity contribution < 1.29 is 47.8 Å². The number of phosphoric acid groups is 1. The molecule has 0 fully saturated rings. The van der Waals surface area contributed by atoms with Gasteiger partial charge >= 0.3 is 19.8 Å². The molecule has 57 heavy (non-hydrogen) atoms. The first-order valence-corrected chi connectivity index (χ1v) is 25.1. The predicted molar refractivity (Wildman–Crippen MR) is 233 cm³/mol. The zero-order valence-electron chi connectivity index (χ0n) is 36.8. The van der Waals surface area contributed by atoms with Gasteiger partial charge in [0.1, 0.15) is 12.7 Å². The molecule has 0 heterocycles. The molecule has 0 amide bonds. The van der Waals surface area contributed by atoms with Crippen LogP contribution in [0.5, 0.6) is 0 Å². The number of carbonyl (C=O) groups is 2. The van der Waals surface area contributed by atoms with Gasteiger partial charge in [0, 0.05) is 12.8 Å². The fourth-order valence-electron chi connectivity index (χ4n) is 6.75. The molecule has 0 aromatic heterocycles. The second-order valence-corrected chi connectivity index (χ2v) is 17.6. The van der Waals surface area contributed by atoms with E-state index in [0.717, 1.165) is 38.5 Å². The molecule has 1 unspecified atom stereocenters. The van der Waals surface area contributed by atoms with E-state index in [9.17, 15) is 24.2 Å². The first kappa shape index (κ1) is 55.7. The van der Waals surface area contributed by atoms with E-state index in [1.807, 2.05) is 0 Å². The average molecular weight is 833 g/mol. The highest BCUT2D eigenvalue weighted by Gasteiger charge is 2.27. The summed E-state index contributed by atoms with van der Waals surface area (Å²) in [5.74, 6) is -0.913. The lowest BCUT2D eigenvalue weighted by Gasteiger charge is -2.20. The van der Waals surface area contributed by atoms with Gasteiger partial charge in [0.2, 0.25) is 0 Å². The van der Waals surface area contributed by atoms with Crippen molar-refractivity contribution in [3.63, 3.8) is 0 Å². The summed E-state index contributed by atoms with van der Waals surface area (Å²) in [6.45, 7) is 2.41. The van der Waals surface area contributed by atoms with Crippen LogP contribution in [0.4, 0.5) is 0 Å². The summed E-state index contributed by atoms with van der Waals surface area (Å²) in [5.41, 5.74) is 0. The second kappa shape index (κ2) is 42.8. The number of aliphatic hydroxyl groups excluding tert-OH is 2. The van der Waals surface area contributed by atoms with Crippen molar-refractivity contribution in [3.8, 4) is 0 Å². The van der Waals surface area contributed by atoms with Crippen molar-refractivity contribution in [1.82, 2.24) is 0 Å². The van der Waals surface area contributed by atoms with Crippen LogP contribution in [0.25, 0.3) is 0 Å². The first-order chi connectivity index (χ1) is 27.7. The molecule has 3 atom stereocenters. The Morgan fingerprint density at radius 3 is 1.26 bits per heavy atom. The lowest BCUT2D eigenvalue weighted by molar-refractivity contribution is -0.161. The molecule has 11 heteroatoms. The van der Waals surface area contributed by atoms with Crippen molar-refractivity contribution in [2.45, 2.75) is 244 Å². The van der Waals surface area contributed by atoms with Crippen molar-refractivity contribution in [3.05, 3.63) is 12.2 Å². The monoisotopic (exact) mass is 833 g/mol. The Morgan fingerprint density at radius 2 is 0.860 bits per heavy atom. The van der Waals surface area contributed by atoms with Gasteiger partial charge in [-0.1, -0.05) is 193 Å². The summed E-state index contributed by atoms with van der Waals surface area (Å²) in [7, 11) is -4.61. The molecule has 0 saturated heterocycles. The minimum absolute atomic E-state index is 0.190. The number of aliphatic hydroxyl groups is 2. The minimum atomic E-state index is -4.61. The maximum absolute atomic E-state index is 12.6. The maximum atomic E-state index is 12.6. The van der Waals surface area contributed by atoms with Crippen molar-refractivity contribution in [2.75, 3.05) is 26.4 Å². The predicted octanol–water partition coefficient (Wildman–Crippen LogP) is 12.8. The van der Waals surface area contributed by atoms with Crippen molar-refractivity contribution in [1.29, 1.82) is 0 Å². The van der Waals surface area contributed by atoms with Crippen LogP contribution < -0.4 is 0 Å². The summed E-state index contributed by atoms with van der Waals surface area (Å²) in [4.78, 5) is 35.0.